The molecule has 2 heteroatoms. The lowest BCUT2D eigenvalue weighted by molar-refractivity contribution is 0.0159. The fourth-order valence-electron chi connectivity index (χ4n) is 3.60. The number of fused-ring (bicyclic) bond motifs is 1. The fourth-order valence-corrected chi connectivity index (χ4v) is 3.60. The molecule has 0 spiro atoms. The van der Waals surface area contributed by atoms with Crippen molar-refractivity contribution in [1.29, 1.82) is 0 Å². The fraction of sp³-hybridized carbons (Fsp3) is 0.200. The maximum Gasteiger partial charge on any atom is 0.180 e. The second-order valence-electron chi connectivity index (χ2n) is 6.79. The molecule has 1 heterocycles. The zero-order valence-corrected chi connectivity index (χ0v) is 15.7. The van der Waals surface area contributed by atoms with Crippen LogP contribution in [0.25, 0.3) is 0 Å². The van der Waals surface area contributed by atoms with Gasteiger partial charge in [-0.25, -0.2) is 0 Å². The van der Waals surface area contributed by atoms with Crippen molar-refractivity contribution in [2.24, 2.45) is 0 Å². The van der Waals surface area contributed by atoms with Crippen LogP contribution >= 0.6 is 0 Å². The average Bonchev–Trinajstić information content (AvgIpc) is 2.72. The molecule has 3 aromatic carbocycles. The molecule has 0 bridgehead atoms. The van der Waals surface area contributed by atoms with Crippen molar-refractivity contribution < 1.29 is 9.47 Å². The van der Waals surface area contributed by atoms with E-state index in [0.29, 0.717) is 6.61 Å². The maximum absolute atomic E-state index is 6.41. The van der Waals surface area contributed by atoms with Crippen molar-refractivity contribution in [2.45, 2.75) is 18.9 Å². The van der Waals surface area contributed by atoms with Gasteiger partial charge in [-0.3, -0.25) is 0 Å². The standard InChI is InChI=1S/C25H22O2/c1-19-11-12-24-21(17-19)14-16-27-25(24,15-13-20-7-4-3-5-8-20)22-9-6-10-23(18-22)26-2/h3-12,17-18H,14,16H2,1-2H3/t25-/m0/s1. The highest BCUT2D eigenvalue weighted by molar-refractivity contribution is 5.53. The van der Waals surface area contributed by atoms with E-state index in [2.05, 4.69) is 43.0 Å². The predicted molar refractivity (Wildman–Crippen MR) is 108 cm³/mol. The van der Waals surface area contributed by atoms with Crippen LogP contribution in [0.4, 0.5) is 0 Å². The zero-order chi connectivity index (χ0) is 18.7. The Labute approximate surface area is 160 Å². The smallest absolute Gasteiger partial charge is 0.180 e. The van der Waals surface area contributed by atoms with E-state index in [9.17, 15) is 0 Å². The zero-order valence-electron chi connectivity index (χ0n) is 15.7. The number of hydrogen-bond donors (Lipinski definition) is 0. The minimum atomic E-state index is -0.800. The molecule has 0 aliphatic carbocycles. The number of aryl methyl sites for hydroxylation is 1. The third kappa shape index (κ3) is 3.35. The molecular weight excluding hydrogens is 332 g/mol. The van der Waals surface area contributed by atoms with Crippen LogP contribution in [0, 0.1) is 18.8 Å². The molecule has 0 fully saturated rings. The van der Waals surface area contributed by atoms with Crippen LogP contribution < -0.4 is 4.74 Å². The molecule has 1 aliphatic heterocycles. The molecule has 134 valence electrons. The Hall–Kier alpha value is -3.02. The van der Waals surface area contributed by atoms with E-state index in [1.165, 1.54) is 11.1 Å². The Morgan fingerprint density at radius 1 is 0.963 bits per heavy atom. The van der Waals surface area contributed by atoms with Crippen molar-refractivity contribution >= 4 is 0 Å². The Bertz CT molecular complexity index is 1010. The van der Waals surface area contributed by atoms with E-state index in [0.717, 1.165) is 28.9 Å². The first-order valence-electron chi connectivity index (χ1n) is 9.18. The van der Waals surface area contributed by atoms with Crippen LogP contribution in [-0.4, -0.2) is 13.7 Å². The van der Waals surface area contributed by atoms with Gasteiger partial charge in [0.2, 0.25) is 0 Å². The van der Waals surface area contributed by atoms with Gasteiger partial charge in [-0.2, -0.15) is 0 Å². The second-order valence-corrected chi connectivity index (χ2v) is 6.79. The number of hydrogen-bond acceptors (Lipinski definition) is 2. The number of methoxy groups -OCH3 is 1. The Morgan fingerprint density at radius 2 is 1.81 bits per heavy atom. The highest BCUT2D eigenvalue weighted by Gasteiger charge is 2.38. The first-order valence-corrected chi connectivity index (χ1v) is 9.18. The van der Waals surface area contributed by atoms with Gasteiger partial charge in [0.1, 0.15) is 5.75 Å². The van der Waals surface area contributed by atoms with Gasteiger partial charge in [0, 0.05) is 16.7 Å². The lowest BCUT2D eigenvalue weighted by Crippen LogP contribution is -2.35. The van der Waals surface area contributed by atoms with E-state index < -0.39 is 5.60 Å². The number of benzene rings is 3. The summed E-state index contributed by atoms with van der Waals surface area (Å²) in [5.74, 6) is 7.60. The molecule has 0 radical (unpaired) electrons. The minimum absolute atomic E-state index is 0.636. The van der Waals surface area contributed by atoms with Gasteiger partial charge in [-0.05, 0) is 43.2 Å². The van der Waals surface area contributed by atoms with Crippen molar-refractivity contribution in [3.63, 3.8) is 0 Å². The minimum Gasteiger partial charge on any atom is -0.497 e. The van der Waals surface area contributed by atoms with E-state index in [-0.39, 0.29) is 0 Å². The largest absolute Gasteiger partial charge is 0.497 e. The van der Waals surface area contributed by atoms with Gasteiger partial charge >= 0.3 is 0 Å². The molecule has 0 saturated heterocycles. The molecule has 0 aromatic heterocycles. The Kier molecular flexibility index (Phi) is 4.71. The highest BCUT2D eigenvalue weighted by Crippen LogP contribution is 2.40. The van der Waals surface area contributed by atoms with Crippen molar-refractivity contribution in [3.05, 3.63) is 101 Å². The normalized spacial score (nSPS) is 18.1. The molecule has 0 N–H and O–H groups in total. The van der Waals surface area contributed by atoms with Crippen molar-refractivity contribution in [1.82, 2.24) is 0 Å². The molecule has 3 aromatic rings. The molecule has 1 aliphatic rings. The average molecular weight is 354 g/mol. The van der Waals surface area contributed by atoms with Gasteiger partial charge in [0.25, 0.3) is 0 Å². The Morgan fingerprint density at radius 3 is 2.63 bits per heavy atom. The predicted octanol–water partition coefficient (Wildman–Crippen LogP) is 4.87. The van der Waals surface area contributed by atoms with Gasteiger partial charge in [0.05, 0.1) is 13.7 Å². The SMILES string of the molecule is COc1cccc([C@]2(C#Cc3ccccc3)OCCc3cc(C)ccc32)c1. The second kappa shape index (κ2) is 7.31. The summed E-state index contributed by atoms with van der Waals surface area (Å²) in [6.07, 6.45) is 0.899. The van der Waals surface area contributed by atoms with Crippen LogP contribution in [-0.2, 0) is 16.8 Å². The molecule has 0 saturated carbocycles. The van der Waals surface area contributed by atoms with E-state index in [1.54, 1.807) is 7.11 Å². The lowest BCUT2D eigenvalue weighted by atomic mass is 9.80. The van der Waals surface area contributed by atoms with Gasteiger partial charge in [0.15, 0.2) is 5.60 Å². The summed E-state index contributed by atoms with van der Waals surface area (Å²) in [5.41, 5.74) is 4.84. The molecule has 0 unspecified atom stereocenters. The molecule has 27 heavy (non-hydrogen) atoms. The molecule has 2 nitrogen and oxygen atoms in total. The molecular formula is C25H22O2. The summed E-state index contributed by atoms with van der Waals surface area (Å²) in [5, 5.41) is 0. The van der Waals surface area contributed by atoms with Crippen molar-refractivity contribution in [2.75, 3.05) is 13.7 Å². The maximum atomic E-state index is 6.41. The quantitative estimate of drug-likeness (QED) is 0.611. The number of rotatable bonds is 2. The van der Waals surface area contributed by atoms with Crippen LogP contribution in [0.5, 0.6) is 5.75 Å². The molecule has 1 atom stereocenters. The van der Waals surface area contributed by atoms with E-state index >= 15 is 0 Å². The van der Waals surface area contributed by atoms with Crippen LogP contribution in [0.1, 0.15) is 27.8 Å². The third-order valence-electron chi connectivity index (χ3n) is 4.96. The number of ether oxygens (including phenoxy) is 2. The molecule has 0 amide bonds. The topological polar surface area (TPSA) is 18.5 Å². The van der Waals surface area contributed by atoms with E-state index in [4.69, 9.17) is 9.47 Å². The summed E-state index contributed by atoms with van der Waals surface area (Å²) in [7, 11) is 1.68. The van der Waals surface area contributed by atoms with Gasteiger partial charge in [-0.1, -0.05) is 65.9 Å². The first kappa shape index (κ1) is 17.4. The van der Waals surface area contributed by atoms with E-state index in [1.807, 2.05) is 48.5 Å². The first-order chi connectivity index (χ1) is 13.2. The van der Waals surface area contributed by atoms with Gasteiger partial charge < -0.3 is 9.47 Å². The summed E-state index contributed by atoms with van der Waals surface area (Å²) in [6.45, 7) is 2.76. The van der Waals surface area contributed by atoms with Crippen LogP contribution in [0.15, 0.2) is 72.8 Å². The summed E-state index contributed by atoms with van der Waals surface area (Å²) >= 11 is 0. The van der Waals surface area contributed by atoms with Crippen LogP contribution in [0.3, 0.4) is 0 Å². The highest BCUT2D eigenvalue weighted by atomic mass is 16.5. The Balaban J connectivity index is 1.93. The molecule has 4 rings (SSSR count). The van der Waals surface area contributed by atoms with Crippen molar-refractivity contribution in [3.8, 4) is 17.6 Å². The van der Waals surface area contributed by atoms with Crippen LogP contribution in [0.2, 0.25) is 0 Å². The monoisotopic (exact) mass is 354 g/mol. The summed E-state index contributed by atoms with van der Waals surface area (Å²) < 4.78 is 11.9. The lowest BCUT2D eigenvalue weighted by Gasteiger charge is -2.36. The third-order valence-corrected chi connectivity index (χ3v) is 4.96. The summed E-state index contributed by atoms with van der Waals surface area (Å²) in [4.78, 5) is 0. The summed E-state index contributed by atoms with van der Waals surface area (Å²) in [6, 6.07) is 24.6. The van der Waals surface area contributed by atoms with Gasteiger partial charge in [-0.15, -0.1) is 0 Å².